The Hall–Kier alpha value is -0.350. The number of rotatable bonds is 6. The van der Waals surface area contributed by atoms with Gasteiger partial charge in [0, 0.05) is 5.33 Å². The zero-order valence-corrected chi connectivity index (χ0v) is 13.6. The minimum absolute atomic E-state index is 0.195. The molecule has 1 atom stereocenters. The third-order valence-electron chi connectivity index (χ3n) is 3.04. The van der Waals surface area contributed by atoms with Gasteiger partial charge in [-0.05, 0) is 37.8 Å². The van der Waals surface area contributed by atoms with Crippen LogP contribution in [0.3, 0.4) is 0 Å². The Labute approximate surface area is 119 Å². The minimum Gasteiger partial charge on any atom is -0.224 e. The summed E-state index contributed by atoms with van der Waals surface area (Å²) >= 11 is 3.41. The molecule has 0 aliphatic carbocycles. The van der Waals surface area contributed by atoms with Crippen molar-refractivity contribution in [1.29, 1.82) is 0 Å². The molecule has 102 valence electrons. The normalized spacial score (nSPS) is 13.6. The van der Waals surface area contributed by atoms with E-state index in [1.54, 1.807) is 6.07 Å². The van der Waals surface area contributed by atoms with Crippen molar-refractivity contribution in [3.63, 3.8) is 0 Å². The first-order chi connectivity index (χ1) is 8.40. The monoisotopic (exact) mass is 332 g/mol. The predicted molar refractivity (Wildman–Crippen MR) is 80.2 cm³/mol. The molecule has 0 aliphatic heterocycles. The van der Waals surface area contributed by atoms with Crippen LogP contribution < -0.4 is 0 Å². The van der Waals surface area contributed by atoms with Crippen molar-refractivity contribution in [2.24, 2.45) is 5.92 Å². The number of hydrogen-bond acceptors (Lipinski definition) is 2. The molecule has 0 spiro atoms. The Morgan fingerprint density at radius 3 is 2.44 bits per heavy atom. The van der Waals surface area contributed by atoms with Crippen LogP contribution in [-0.2, 0) is 9.84 Å². The smallest absolute Gasteiger partial charge is 0.178 e. The highest BCUT2D eigenvalue weighted by Gasteiger charge is 2.21. The van der Waals surface area contributed by atoms with Gasteiger partial charge in [-0.1, -0.05) is 47.0 Å². The Morgan fingerprint density at radius 1 is 1.28 bits per heavy atom. The van der Waals surface area contributed by atoms with Gasteiger partial charge in [-0.15, -0.1) is 0 Å². The zero-order chi connectivity index (χ0) is 13.8. The first-order valence-corrected chi connectivity index (χ1v) is 9.04. The highest BCUT2D eigenvalue weighted by atomic mass is 79.9. The molecule has 0 saturated carbocycles. The van der Waals surface area contributed by atoms with Crippen LogP contribution >= 0.6 is 15.9 Å². The molecule has 1 aromatic carbocycles. The first-order valence-electron chi connectivity index (χ1n) is 6.26. The molecule has 1 aromatic rings. The van der Waals surface area contributed by atoms with Crippen LogP contribution in [0.5, 0.6) is 0 Å². The van der Waals surface area contributed by atoms with Gasteiger partial charge in [0.1, 0.15) is 0 Å². The molecule has 0 heterocycles. The molecule has 0 fully saturated rings. The first kappa shape index (κ1) is 15.7. The van der Waals surface area contributed by atoms with Crippen LogP contribution in [0.2, 0.25) is 0 Å². The number of hydrogen-bond donors (Lipinski definition) is 0. The van der Waals surface area contributed by atoms with Gasteiger partial charge in [0.15, 0.2) is 9.84 Å². The lowest BCUT2D eigenvalue weighted by Crippen LogP contribution is -2.18. The lowest BCUT2D eigenvalue weighted by molar-refractivity contribution is 0.551. The maximum atomic E-state index is 12.4. The van der Waals surface area contributed by atoms with E-state index >= 15 is 0 Å². The standard InChI is InChI=1S/C14H21BrO2S/c1-4-5-13(9-15)10-18(16,17)14-7-6-11(2)8-12(14)3/h6-8,13H,4-5,9-10H2,1-3H3. The van der Waals surface area contributed by atoms with E-state index in [9.17, 15) is 8.42 Å². The summed E-state index contributed by atoms with van der Waals surface area (Å²) in [5.41, 5.74) is 1.94. The molecule has 1 unspecified atom stereocenters. The molecule has 4 heteroatoms. The summed E-state index contributed by atoms with van der Waals surface area (Å²) in [6, 6.07) is 5.52. The molecule has 2 nitrogen and oxygen atoms in total. The fourth-order valence-electron chi connectivity index (χ4n) is 2.16. The molecule has 0 N–H and O–H groups in total. The second-order valence-electron chi connectivity index (χ2n) is 4.86. The Balaban J connectivity index is 2.99. The van der Waals surface area contributed by atoms with Crippen LogP contribution in [0.15, 0.2) is 23.1 Å². The molecule has 1 rings (SSSR count). The second kappa shape index (κ2) is 6.71. The van der Waals surface area contributed by atoms with Crippen molar-refractivity contribution in [3.05, 3.63) is 29.3 Å². The van der Waals surface area contributed by atoms with E-state index in [1.165, 1.54) is 0 Å². The van der Waals surface area contributed by atoms with E-state index in [0.717, 1.165) is 29.3 Å². The Bertz CT molecular complexity index is 495. The Kier molecular flexibility index (Phi) is 5.86. The summed E-state index contributed by atoms with van der Waals surface area (Å²) in [7, 11) is -3.17. The largest absolute Gasteiger partial charge is 0.224 e. The Morgan fingerprint density at radius 2 is 1.94 bits per heavy atom. The quantitative estimate of drug-likeness (QED) is 0.740. The van der Waals surface area contributed by atoms with Crippen LogP contribution in [0.1, 0.15) is 30.9 Å². The van der Waals surface area contributed by atoms with Crippen LogP contribution in [0.25, 0.3) is 0 Å². The fraction of sp³-hybridized carbons (Fsp3) is 0.571. The zero-order valence-electron chi connectivity index (χ0n) is 11.2. The van der Waals surface area contributed by atoms with Crippen molar-refractivity contribution in [3.8, 4) is 0 Å². The lowest BCUT2D eigenvalue weighted by atomic mass is 10.1. The molecule has 0 aromatic heterocycles. The molecular formula is C14H21BrO2S. The summed E-state index contributed by atoms with van der Waals surface area (Å²) < 4.78 is 24.8. The number of benzene rings is 1. The summed E-state index contributed by atoms with van der Waals surface area (Å²) in [4.78, 5) is 0.482. The summed E-state index contributed by atoms with van der Waals surface area (Å²) in [5, 5.41) is 0.741. The van der Waals surface area contributed by atoms with E-state index in [1.807, 2.05) is 26.0 Å². The van der Waals surface area contributed by atoms with E-state index in [4.69, 9.17) is 0 Å². The van der Waals surface area contributed by atoms with Crippen molar-refractivity contribution in [2.45, 2.75) is 38.5 Å². The number of halogens is 1. The molecular weight excluding hydrogens is 312 g/mol. The molecule has 18 heavy (non-hydrogen) atoms. The summed E-state index contributed by atoms with van der Waals surface area (Å²) in [5.74, 6) is 0.427. The van der Waals surface area contributed by atoms with E-state index in [0.29, 0.717) is 4.90 Å². The average Bonchev–Trinajstić information content (AvgIpc) is 2.27. The maximum absolute atomic E-state index is 12.4. The topological polar surface area (TPSA) is 34.1 Å². The number of sulfone groups is 1. The SMILES string of the molecule is CCCC(CBr)CS(=O)(=O)c1ccc(C)cc1C. The van der Waals surface area contributed by atoms with Gasteiger partial charge in [-0.2, -0.15) is 0 Å². The van der Waals surface area contributed by atoms with Crippen LogP contribution in [0.4, 0.5) is 0 Å². The van der Waals surface area contributed by atoms with Gasteiger partial charge >= 0.3 is 0 Å². The van der Waals surface area contributed by atoms with Crippen molar-refractivity contribution in [2.75, 3.05) is 11.1 Å². The molecule has 0 amide bonds. The van der Waals surface area contributed by atoms with E-state index in [-0.39, 0.29) is 11.7 Å². The average molecular weight is 333 g/mol. The third-order valence-corrected chi connectivity index (χ3v) is 5.99. The second-order valence-corrected chi connectivity index (χ2v) is 7.51. The van der Waals surface area contributed by atoms with Gasteiger partial charge in [0.25, 0.3) is 0 Å². The third kappa shape index (κ3) is 4.09. The maximum Gasteiger partial charge on any atom is 0.178 e. The summed E-state index contributed by atoms with van der Waals surface area (Å²) in [6.45, 7) is 5.92. The summed E-state index contributed by atoms with van der Waals surface area (Å²) in [6.07, 6.45) is 1.95. The van der Waals surface area contributed by atoms with Gasteiger partial charge in [0.2, 0.25) is 0 Å². The predicted octanol–water partition coefficient (Wildman–Crippen LogP) is 3.89. The fourth-order valence-corrected chi connectivity index (χ4v) is 4.93. The molecule has 0 aliphatic rings. The van der Waals surface area contributed by atoms with Gasteiger partial charge in [-0.25, -0.2) is 8.42 Å². The van der Waals surface area contributed by atoms with Gasteiger partial charge in [-0.3, -0.25) is 0 Å². The molecule has 0 saturated heterocycles. The molecule has 0 radical (unpaired) electrons. The highest BCUT2D eigenvalue weighted by Crippen LogP contribution is 2.22. The van der Waals surface area contributed by atoms with Crippen molar-refractivity contribution in [1.82, 2.24) is 0 Å². The highest BCUT2D eigenvalue weighted by molar-refractivity contribution is 9.09. The number of alkyl halides is 1. The van der Waals surface area contributed by atoms with E-state index in [2.05, 4.69) is 22.9 Å². The van der Waals surface area contributed by atoms with Gasteiger partial charge < -0.3 is 0 Å². The molecule has 0 bridgehead atoms. The number of aryl methyl sites for hydroxylation is 2. The van der Waals surface area contributed by atoms with Gasteiger partial charge in [0.05, 0.1) is 10.6 Å². The van der Waals surface area contributed by atoms with Crippen molar-refractivity contribution >= 4 is 25.8 Å². The van der Waals surface area contributed by atoms with E-state index < -0.39 is 9.84 Å². The van der Waals surface area contributed by atoms with Crippen molar-refractivity contribution < 1.29 is 8.42 Å². The van der Waals surface area contributed by atoms with Crippen LogP contribution in [-0.4, -0.2) is 19.5 Å². The minimum atomic E-state index is -3.17. The lowest BCUT2D eigenvalue weighted by Gasteiger charge is -2.14. The van der Waals surface area contributed by atoms with Crippen LogP contribution in [0, 0.1) is 19.8 Å².